The van der Waals surface area contributed by atoms with Crippen molar-refractivity contribution in [3.8, 4) is 0 Å². The summed E-state index contributed by atoms with van der Waals surface area (Å²) in [4.78, 5) is 0. The number of aliphatic hydroxyl groups is 1. The summed E-state index contributed by atoms with van der Waals surface area (Å²) in [5.41, 5.74) is 6.00. The molecule has 2 atom stereocenters. The first-order valence-corrected chi connectivity index (χ1v) is 7.64. The SMILES string of the molecule is CC1(c2ccccc2)CC2=C(C1)C1CC2=C(O)C1(C)C. The van der Waals surface area contributed by atoms with E-state index in [0.29, 0.717) is 11.7 Å². The molecular weight excluding hydrogens is 244 g/mol. The van der Waals surface area contributed by atoms with E-state index in [1.165, 1.54) is 16.7 Å². The van der Waals surface area contributed by atoms with Gasteiger partial charge in [0, 0.05) is 10.8 Å². The normalized spacial score (nSPS) is 34.0. The van der Waals surface area contributed by atoms with Gasteiger partial charge in [-0.1, -0.05) is 56.7 Å². The Kier molecular flexibility index (Phi) is 2.19. The van der Waals surface area contributed by atoms with Gasteiger partial charge in [-0.25, -0.2) is 0 Å². The second-order valence-electron chi connectivity index (χ2n) is 7.59. The van der Waals surface area contributed by atoms with E-state index in [9.17, 15) is 5.11 Å². The van der Waals surface area contributed by atoms with Gasteiger partial charge in [-0.3, -0.25) is 0 Å². The molecule has 0 spiro atoms. The maximum Gasteiger partial charge on any atom is 0.102 e. The van der Waals surface area contributed by atoms with Crippen LogP contribution < -0.4 is 0 Å². The number of allylic oxidation sites excluding steroid dienone is 4. The van der Waals surface area contributed by atoms with Gasteiger partial charge in [0.25, 0.3) is 0 Å². The van der Waals surface area contributed by atoms with E-state index in [0.717, 1.165) is 19.3 Å². The molecule has 0 fully saturated rings. The van der Waals surface area contributed by atoms with Gasteiger partial charge in [0.05, 0.1) is 0 Å². The molecule has 0 saturated carbocycles. The third-order valence-electron chi connectivity index (χ3n) is 5.97. The topological polar surface area (TPSA) is 20.2 Å². The van der Waals surface area contributed by atoms with E-state index in [2.05, 4.69) is 51.1 Å². The Labute approximate surface area is 121 Å². The van der Waals surface area contributed by atoms with Crippen LogP contribution in [0.25, 0.3) is 0 Å². The minimum absolute atomic E-state index is 0.0455. The molecule has 20 heavy (non-hydrogen) atoms. The van der Waals surface area contributed by atoms with Gasteiger partial charge >= 0.3 is 0 Å². The predicted molar refractivity (Wildman–Crippen MR) is 81.6 cm³/mol. The fourth-order valence-electron chi connectivity index (χ4n) is 4.71. The Morgan fingerprint density at radius 3 is 2.40 bits per heavy atom. The van der Waals surface area contributed by atoms with Crippen molar-refractivity contribution in [2.75, 3.05) is 0 Å². The molecule has 0 radical (unpaired) electrons. The Bertz CT molecular complexity index is 648. The van der Waals surface area contributed by atoms with Crippen LogP contribution >= 0.6 is 0 Å². The molecule has 1 aromatic rings. The van der Waals surface area contributed by atoms with Crippen LogP contribution in [0.2, 0.25) is 0 Å². The number of benzene rings is 1. The molecular formula is C19H22O. The van der Waals surface area contributed by atoms with Crippen LogP contribution in [0.15, 0.2) is 52.8 Å². The summed E-state index contributed by atoms with van der Waals surface area (Å²) in [6.45, 7) is 6.77. The number of hydrogen-bond donors (Lipinski definition) is 1. The standard InChI is InChI=1S/C19H22O/c1-18(2)16-9-13(17(18)20)14-10-19(3,11-15(14)16)12-7-5-4-6-8-12/h4-8,16,20H,9-11H2,1-3H3. The first kappa shape index (κ1) is 12.3. The average molecular weight is 266 g/mol. The molecule has 0 amide bonds. The van der Waals surface area contributed by atoms with Gasteiger partial charge in [0.15, 0.2) is 0 Å². The Hall–Kier alpha value is -1.50. The first-order valence-electron chi connectivity index (χ1n) is 7.64. The molecule has 3 aliphatic rings. The van der Waals surface area contributed by atoms with E-state index in [4.69, 9.17) is 0 Å². The highest BCUT2D eigenvalue weighted by Crippen LogP contribution is 2.64. The lowest BCUT2D eigenvalue weighted by molar-refractivity contribution is 0.217. The fraction of sp³-hybridized carbons (Fsp3) is 0.474. The third kappa shape index (κ3) is 1.33. The predicted octanol–water partition coefficient (Wildman–Crippen LogP) is 4.91. The van der Waals surface area contributed by atoms with Gasteiger partial charge in [-0.05, 0) is 41.9 Å². The number of hydrogen-bond acceptors (Lipinski definition) is 1. The van der Waals surface area contributed by atoms with E-state index >= 15 is 0 Å². The summed E-state index contributed by atoms with van der Waals surface area (Å²) in [5.74, 6) is 1.21. The minimum atomic E-state index is -0.0455. The smallest absolute Gasteiger partial charge is 0.102 e. The zero-order chi connectivity index (χ0) is 14.1. The molecule has 0 heterocycles. The molecule has 1 heteroatoms. The summed E-state index contributed by atoms with van der Waals surface area (Å²) in [6.07, 6.45) is 3.34. The molecule has 0 saturated heterocycles. The zero-order valence-corrected chi connectivity index (χ0v) is 12.5. The number of aliphatic hydroxyl groups excluding tert-OH is 1. The van der Waals surface area contributed by atoms with E-state index < -0.39 is 0 Å². The van der Waals surface area contributed by atoms with Gasteiger partial charge in [-0.2, -0.15) is 0 Å². The quantitative estimate of drug-likeness (QED) is 0.766. The maximum atomic E-state index is 10.5. The number of fused-ring (bicyclic) bond motifs is 4. The third-order valence-corrected chi connectivity index (χ3v) is 5.97. The highest BCUT2D eigenvalue weighted by Gasteiger charge is 2.54. The van der Waals surface area contributed by atoms with Crippen molar-refractivity contribution in [1.29, 1.82) is 0 Å². The van der Waals surface area contributed by atoms with Crippen molar-refractivity contribution >= 4 is 0 Å². The van der Waals surface area contributed by atoms with Crippen LogP contribution in [0.3, 0.4) is 0 Å². The summed E-state index contributed by atoms with van der Waals surface area (Å²) in [6, 6.07) is 10.9. The summed E-state index contributed by atoms with van der Waals surface area (Å²) in [5, 5.41) is 10.5. The van der Waals surface area contributed by atoms with Crippen molar-refractivity contribution in [3.05, 3.63) is 58.4 Å². The Morgan fingerprint density at radius 2 is 1.70 bits per heavy atom. The summed E-state index contributed by atoms with van der Waals surface area (Å²) < 4.78 is 0. The van der Waals surface area contributed by atoms with Gasteiger partial charge in [-0.15, -0.1) is 0 Å². The monoisotopic (exact) mass is 266 g/mol. The van der Waals surface area contributed by atoms with Crippen molar-refractivity contribution in [1.82, 2.24) is 0 Å². The lowest BCUT2D eigenvalue weighted by Crippen LogP contribution is -2.25. The van der Waals surface area contributed by atoms with E-state index in [1.807, 2.05) is 0 Å². The lowest BCUT2D eigenvalue weighted by atomic mass is 9.73. The van der Waals surface area contributed by atoms with E-state index in [-0.39, 0.29) is 10.8 Å². The highest BCUT2D eigenvalue weighted by molar-refractivity contribution is 5.57. The average Bonchev–Trinajstić information content (AvgIpc) is 3.00. The lowest BCUT2D eigenvalue weighted by Gasteiger charge is -2.32. The molecule has 1 aromatic carbocycles. The molecule has 104 valence electrons. The van der Waals surface area contributed by atoms with Crippen LogP contribution in [-0.2, 0) is 5.41 Å². The largest absolute Gasteiger partial charge is 0.511 e. The molecule has 1 nitrogen and oxygen atoms in total. The summed E-state index contributed by atoms with van der Waals surface area (Å²) in [7, 11) is 0. The second-order valence-corrected chi connectivity index (χ2v) is 7.59. The number of rotatable bonds is 1. The van der Waals surface area contributed by atoms with Crippen molar-refractivity contribution in [2.45, 2.75) is 45.4 Å². The maximum absolute atomic E-state index is 10.5. The Balaban J connectivity index is 1.74. The van der Waals surface area contributed by atoms with Gasteiger partial charge in [0.2, 0.25) is 0 Å². The zero-order valence-electron chi connectivity index (χ0n) is 12.5. The van der Waals surface area contributed by atoms with Crippen LogP contribution in [0.5, 0.6) is 0 Å². The summed E-state index contributed by atoms with van der Waals surface area (Å²) >= 11 is 0. The van der Waals surface area contributed by atoms with Crippen molar-refractivity contribution in [3.63, 3.8) is 0 Å². The molecule has 2 unspecified atom stereocenters. The van der Waals surface area contributed by atoms with Crippen molar-refractivity contribution < 1.29 is 5.11 Å². The van der Waals surface area contributed by atoms with E-state index in [1.54, 1.807) is 5.57 Å². The van der Waals surface area contributed by atoms with Crippen LogP contribution in [0, 0.1) is 11.3 Å². The van der Waals surface area contributed by atoms with Gasteiger partial charge < -0.3 is 5.11 Å². The van der Waals surface area contributed by atoms with Crippen LogP contribution in [0.1, 0.15) is 45.6 Å². The molecule has 0 aliphatic heterocycles. The van der Waals surface area contributed by atoms with Crippen molar-refractivity contribution in [2.24, 2.45) is 11.3 Å². The molecule has 2 bridgehead atoms. The second kappa shape index (κ2) is 3.58. The molecule has 3 aliphatic carbocycles. The molecule has 0 aromatic heterocycles. The van der Waals surface area contributed by atoms with Crippen LogP contribution in [0.4, 0.5) is 0 Å². The fourth-order valence-corrected chi connectivity index (χ4v) is 4.71. The highest BCUT2D eigenvalue weighted by atomic mass is 16.3. The van der Waals surface area contributed by atoms with Crippen LogP contribution in [-0.4, -0.2) is 5.11 Å². The minimum Gasteiger partial charge on any atom is -0.511 e. The molecule has 1 N–H and O–H groups in total. The Morgan fingerprint density at radius 1 is 1.00 bits per heavy atom. The first-order chi connectivity index (χ1) is 9.43. The van der Waals surface area contributed by atoms with Gasteiger partial charge in [0.1, 0.15) is 5.76 Å². The molecule has 4 rings (SSSR count).